The van der Waals surface area contributed by atoms with Gasteiger partial charge in [0.05, 0.1) is 9.82 Å². The second kappa shape index (κ2) is 6.97. The van der Waals surface area contributed by atoms with Crippen LogP contribution >= 0.6 is 0 Å². The Kier molecular flexibility index (Phi) is 5.58. The average molecular weight is 317 g/mol. The van der Waals surface area contributed by atoms with E-state index < -0.39 is 20.9 Å². The fraction of sp³-hybridized carbons (Fsp3) is 0.300. The molecule has 0 aliphatic heterocycles. The van der Waals surface area contributed by atoms with Gasteiger partial charge in [-0.05, 0) is 18.6 Å². The summed E-state index contributed by atoms with van der Waals surface area (Å²) in [6.07, 6.45) is 0.307. The number of benzene rings is 1. The van der Waals surface area contributed by atoms with Crippen LogP contribution in [0.5, 0.6) is 0 Å². The number of primary amides is 1. The third-order valence-electron chi connectivity index (χ3n) is 2.52. The van der Waals surface area contributed by atoms with Crippen molar-refractivity contribution < 1.29 is 18.1 Å². The fourth-order valence-corrected chi connectivity index (χ4v) is 2.61. The Bertz CT molecular complexity index is 645. The van der Waals surface area contributed by atoms with E-state index in [4.69, 9.17) is 11.6 Å². The highest BCUT2D eigenvalue weighted by atomic mass is 32.2. The first-order chi connectivity index (χ1) is 9.77. The number of nitrogens with zero attached hydrogens (tertiary/aromatic N) is 1. The van der Waals surface area contributed by atoms with Gasteiger partial charge < -0.3 is 11.2 Å². The second-order valence-electron chi connectivity index (χ2n) is 4.05. The lowest BCUT2D eigenvalue weighted by Crippen LogP contribution is -2.26. The summed E-state index contributed by atoms with van der Waals surface area (Å²) >= 11 is 0. The summed E-state index contributed by atoms with van der Waals surface area (Å²) in [6, 6.07) is 3.18. The monoisotopic (exact) mass is 317 g/mol. The topological polar surface area (TPSA) is 170 Å². The van der Waals surface area contributed by atoms with E-state index in [0.29, 0.717) is 0 Å². The molecule has 0 heterocycles. The lowest BCUT2D eigenvalue weighted by atomic mass is 10.3. The average Bonchev–Trinajstić information content (AvgIpc) is 2.42. The molecule has 10 nitrogen and oxygen atoms in total. The summed E-state index contributed by atoms with van der Waals surface area (Å²) in [4.78, 5) is 20.4. The molecule has 0 aliphatic carbocycles. The third-order valence-corrected chi connectivity index (χ3v) is 3.98. The number of nitro benzene ring substituents is 1. The number of carbonyl (C=O) groups excluding carboxylic acids is 1. The van der Waals surface area contributed by atoms with Crippen LogP contribution in [0.1, 0.15) is 12.8 Å². The highest BCUT2D eigenvalue weighted by Crippen LogP contribution is 2.26. The molecule has 116 valence electrons. The van der Waals surface area contributed by atoms with E-state index in [1.54, 1.807) is 0 Å². The number of nitrogens with two attached hydrogens (primary N) is 2. The molecule has 0 atom stereocenters. The van der Waals surface area contributed by atoms with Crippen molar-refractivity contribution in [3.05, 3.63) is 28.3 Å². The number of sulfonamides is 1. The van der Waals surface area contributed by atoms with Gasteiger partial charge in [-0.2, -0.15) is 0 Å². The smallest absolute Gasteiger partial charge is 0.293 e. The summed E-state index contributed by atoms with van der Waals surface area (Å²) < 4.78 is 26.2. The van der Waals surface area contributed by atoms with Crippen molar-refractivity contribution in [1.82, 2.24) is 4.72 Å². The van der Waals surface area contributed by atoms with E-state index in [1.807, 2.05) is 0 Å². The van der Waals surface area contributed by atoms with Crippen molar-refractivity contribution in [2.75, 3.05) is 12.0 Å². The number of nitro groups is 1. The number of hydrazine groups is 1. The molecule has 6 N–H and O–H groups in total. The summed E-state index contributed by atoms with van der Waals surface area (Å²) in [5.74, 6) is 4.61. The summed E-state index contributed by atoms with van der Waals surface area (Å²) in [5.41, 5.74) is 6.54. The van der Waals surface area contributed by atoms with Crippen LogP contribution in [-0.2, 0) is 14.8 Å². The molecule has 1 aromatic rings. The zero-order valence-corrected chi connectivity index (χ0v) is 11.7. The molecular weight excluding hydrogens is 302 g/mol. The Morgan fingerprint density at radius 1 is 1.38 bits per heavy atom. The second-order valence-corrected chi connectivity index (χ2v) is 5.81. The number of hydrogen-bond donors (Lipinski definition) is 4. The highest BCUT2D eigenvalue weighted by Gasteiger charge is 2.19. The molecule has 0 unspecified atom stereocenters. The number of amides is 1. The van der Waals surface area contributed by atoms with Crippen LogP contribution in [-0.4, -0.2) is 25.8 Å². The van der Waals surface area contributed by atoms with Gasteiger partial charge in [0.2, 0.25) is 15.9 Å². The van der Waals surface area contributed by atoms with Gasteiger partial charge in [-0.15, -0.1) is 0 Å². The van der Waals surface area contributed by atoms with Gasteiger partial charge in [0.1, 0.15) is 5.69 Å². The summed E-state index contributed by atoms with van der Waals surface area (Å²) in [6.45, 7) is 0.0215. The molecule has 0 spiro atoms. The quantitative estimate of drug-likeness (QED) is 0.215. The van der Waals surface area contributed by atoms with Gasteiger partial charge in [-0.3, -0.25) is 20.8 Å². The molecular formula is C10H15N5O5S. The predicted molar refractivity (Wildman–Crippen MR) is 74.5 cm³/mol. The van der Waals surface area contributed by atoms with E-state index in [2.05, 4.69) is 10.1 Å². The molecule has 0 radical (unpaired) electrons. The van der Waals surface area contributed by atoms with Gasteiger partial charge in [-0.25, -0.2) is 13.1 Å². The van der Waals surface area contributed by atoms with Crippen LogP contribution < -0.4 is 21.7 Å². The molecule has 11 heteroatoms. The maximum absolute atomic E-state index is 12.0. The Morgan fingerprint density at radius 3 is 2.57 bits per heavy atom. The number of carbonyl (C=O) groups is 1. The minimum Gasteiger partial charge on any atom is -0.370 e. The zero-order valence-electron chi connectivity index (χ0n) is 10.9. The van der Waals surface area contributed by atoms with Gasteiger partial charge >= 0.3 is 0 Å². The Balaban J connectivity index is 2.88. The Morgan fingerprint density at radius 2 is 2.05 bits per heavy atom. The van der Waals surface area contributed by atoms with Crippen LogP contribution in [0, 0.1) is 10.1 Å². The normalized spacial score (nSPS) is 11.1. The van der Waals surface area contributed by atoms with E-state index in [0.717, 1.165) is 18.2 Å². The first-order valence-corrected chi connectivity index (χ1v) is 7.29. The first kappa shape index (κ1) is 16.8. The van der Waals surface area contributed by atoms with E-state index >= 15 is 0 Å². The zero-order chi connectivity index (χ0) is 16.0. The standard InChI is InChI=1S/C10H15N5O5S/c11-10(16)2-1-5-13-21(19,20)7-3-4-9(15(17)18)8(6-7)14-12/h3-4,6,13-14H,1-2,5,12H2,(H2,11,16). The number of nitrogens with one attached hydrogen (secondary N) is 2. The van der Waals surface area contributed by atoms with Crippen LogP contribution in [0.25, 0.3) is 0 Å². The van der Waals surface area contributed by atoms with Gasteiger partial charge in [0, 0.05) is 19.0 Å². The molecule has 0 saturated carbocycles. The number of anilines is 1. The maximum Gasteiger partial charge on any atom is 0.293 e. The minimum absolute atomic E-state index is 0.0215. The van der Waals surface area contributed by atoms with Crippen molar-refractivity contribution in [2.24, 2.45) is 11.6 Å². The predicted octanol–water partition coefficient (Wildman–Crippen LogP) is -0.576. The molecule has 0 aliphatic rings. The number of hydrogen-bond acceptors (Lipinski definition) is 7. The first-order valence-electron chi connectivity index (χ1n) is 5.81. The van der Waals surface area contributed by atoms with Crippen molar-refractivity contribution >= 4 is 27.3 Å². The molecule has 1 amide bonds. The van der Waals surface area contributed by atoms with Crippen LogP contribution in [0.3, 0.4) is 0 Å². The maximum atomic E-state index is 12.0. The van der Waals surface area contributed by atoms with E-state index in [-0.39, 0.29) is 35.7 Å². The van der Waals surface area contributed by atoms with Gasteiger partial charge in [-0.1, -0.05) is 0 Å². The van der Waals surface area contributed by atoms with Crippen molar-refractivity contribution in [3.8, 4) is 0 Å². The third kappa shape index (κ3) is 4.66. The van der Waals surface area contributed by atoms with Gasteiger partial charge in [0.15, 0.2) is 0 Å². The molecule has 1 aromatic carbocycles. The van der Waals surface area contributed by atoms with Crippen molar-refractivity contribution in [2.45, 2.75) is 17.7 Å². The molecule has 1 rings (SSSR count). The summed E-state index contributed by atoms with van der Waals surface area (Å²) in [5, 5.41) is 10.7. The van der Waals surface area contributed by atoms with Crippen LogP contribution in [0.2, 0.25) is 0 Å². The van der Waals surface area contributed by atoms with Crippen LogP contribution in [0.4, 0.5) is 11.4 Å². The number of nitrogen functional groups attached to an aromatic ring is 1. The Hall–Kier alpha value is -2.24. The molecule has 0 saturated heterocycles. The lowest BCUT2D eigenvalue weighted by Gasteiger charge is -2.08. The minimum atomic E-state index is -3.85. The van der Waals surface area contributed by atoms with Crippen molar-refractivity contribution in [3.63, 3.8) is 0 Å². The van der Waals surface area contributed by atoms with Crippen molar-refractivity contribution in [1.29, 1.82) is 0 Å². The molecule has 0 fully saturated rings. The Labute approximate surface area is 120 Å². The van der Waals surface area contributed by atoms with Crippen LogP contribution in [0.15, 0.2) is 23.1 Å². The SMILES string of the molecule is NNc1cc(S(=O)(=O)NCCCC(N)=O)ccc1[N+](=O)[O-]. The molecule has 0 aromatic heterocycles. The lowest BCUT2D eigenvalue weighted by molar-refractivity contribution is -0.384. The number of rotatable bonds is 8. The van der Waals surface area contributed by atoms with Gasteiger partial charge in [0.25, 0.3) is 5.69 Å². The van der Waals surface area contributed by atoms with E-state index in [9.17, 15) is 23.3 Å². The highest BCUT2D eigenvalue weighted by molar-refractivity contribution is 7.89. The van der Waals surface area contributed by atoms with E-state index in [1.165, 1.54) is 0 Å². The largest absolute Gasteiger partial charge is 0.370 e. The molecule has 0 bridgehead atoms. The molecule has 21 heavy (non-hydrogen) atoms. The fourth-order valence-electron chi connectivity index (χ4n) is 1.51. The summed E-state index contributed by atoms with van der Waals surface area (Å²) in [7, 11) is -3.85.